The van der Waals surface area contributed by atoms with Crippen molar-refractivity contribution in [2.24, 2.45) is 5.10 Å². The van der Waals surface area contributed by atoms with E-state index in [1.807, 2.05) is 30.5 Å². The van der Waals surface area contributed by atoms with Crippen LogP contribution in [-0.4, -0.2) is 25.6 Å². The first-order valence-corrected chi connectivity index (χ1v) is 8.62. The first-order chi connectivity index (χ1) is 13.8. The van der Waals surface area contributed by atoms with E-state index in [0.29, 0.717) is 17.1 Å². The fourth-order valence-corrected chi connectivity index (χ4v) is 2.98. The van der Waals surface area contributed by atoms with Crippen molar-refractivity contribution in [2.75, 3.05) is 5.43 Å². The Morgan fingerprint density at radius 3 is 2.45 bits per heavy atom. The van der Waals surface area contributed by atoms with Crippen LogP contribution >= 0.6 is 0 Å². The highest BCUT2D eigenvalue weighted by Gasteiger charge is 2.15. The predicted molar refractivity (Wildman–Crippen MR) is 109 cm³/mol. The van der Waals surface area contributed by atoms with Gasteiger partial charge in [-0.25, -0.2) is 4.98 Å². The minimum absolute atomic E-state index is 0.0659. The molecule has 0 aliphatic carbocycles. The molecule has 2 heterocycles. The van der Waals surface area contributed by atoms with Crippen molar-refractivity contribution in [1.29, 1.82) is 0 Å². The number of nitro groups is 2. The molecule has 0 saturated carbocycles. The SMILES string of the molecule is Cc1ccc(-n2c(C)cc(C=NNc3ccc([N+](=O)[O-])cn3)c2C)cc1[N+](=O)[O-]. The lowest BCUT2D eigenvalue weighted by Crippen LogP contribution is -2.02. The summed E-state index contributed by atoms with van der Waals surface area (Å²) in [7, 11) is 0. The van der Waals surface area contributed by atoms with Crippen LogP contribution in [0.4, 0.5) is 17.2 Å². The number of hydrogen-bond acceptors (Lipinski definition) is 7. The monoisotopic (exact) mass is 394 g/mol. The molecule has 10 heteroatoms. The third-order valence-corrected chi connectivity index (χ3v) is 4.46. The number of hydrazone groups is 1. The van der Waals surface area contributed by atoms with Gasteiger partial charge in [-0.1, -0.05) is 6.07 Å². The number of rotatable bonds is 6. The summed E-state index contributed by atoms with van der Waals surface area (Å²) in [6, 6.07) is 9.82. The van der Waals surface area contributed by atoms with E-state index < -0.39 is 9.85 Å². The standard InChI is InChI=1S/C19H18N6O4/c1-12-4-5-16(9-18(12)25(28)29)23-13(2)8-15(14(23)3)10-21-22-19-7-6-17(11-20-19)24(26)27/h4-11H,1-3H3,(H,20,22). The van der Waals surface area contributed by atoms with Crippen molar-refractivity contribution >= 4 is 23.4 Å². The van der Waals surface area contributed by atoms with Crippen molar-refractivity contribution in [3.05, 3.63) is 85.3 Å². The number of benzene rings is 1. The molecule has 10 nitrogen and oxygen atoms in total. The molecule has 0 aliphatic heterocycles. The van der Waals surface area contributed by atoms with Gasteiger partial charge in [-0.2, -0.15) is 5.10 Å². The average molecular weight is 394 g/mol. The molecule has 0 fully saturated rings. The molecule has 0 spiro atoms. The molecule has 148 valence electrons. The Hall–Kier alpha value is -4.08. The molecule has 0 atom stereocenters. The summed E-state index contributed by atoms with van der Waals surface area (Å²) in [5.74, 6) is 0.370. The number of anilines is 1. The number of nitrogens with zero attached hydrogens (tertiary/aromatic N) is 5. The van der Waals surface area contributed by atoms with E-state index in [1.165, 1.54) is 12.1 Å². The molecule has 0 aliphatic rings. The normalized spacial score (nSPS) is 11.0. The summed E-state index contributed by atoms with van der Waals surface area (Å²) in [6.07, 6.45) is 2.75. The van der Waals surface area contributed by atoms with Crippen LogP contribution in [0, 0.1) is 41.0 Å². The van der Waals surface area contributed by atoms with Gasteiger partial charge in [0, 0.05) is 34.6 Å². The maximum absolute atomic E-state index is 11.2. The van der Waals surface area contributed by atoms with Gasteiger partial charge in [0.15, 0.2) is 0 Å². The highest BCUT2D eigenvalue weighted by molar-refractivity contribution is 5.82. The van der Waals surface area contributed by atoms with Crippen LogP contribution in [0.2, 0.25) is 0 Å². The number of aromatic nitrogens is 2. The van der Waals surface area contributed by atoms with Gasteiger partial charge in [0.05, 0.1) is 21.7 Å². The minimum atomic E-state index is -0.523. The zero-order chi connectivity index (χ0) is 21.1. The van der Waals surface area contributed by atoms with Gasteiger partial charge in [0.2, 0.25) is 0 Å². The van der Waals surface area contributed by atoms with Gasteiger partial charge < -0.3 is 4.57 Å². The predicted octanol–water partition coefficient (Wildman–Crippen LogP) is 4.06. The van der Waals surface area contributed by atoms with Crippen LogP contribution in [-0.2, 0) is 0 Å². The maximum Gasteiger partial charge on any atom is 0.287 e. The van der Waals surface area contributed by atoms with Crippen LogP contribution in [0.5, 0.6) is 0 Å². The van der Waals surface area contributed by atoms with Crippen LogP contribution in [0.3, 0.4) is 0 Å². The molecule has 0 amide bonds. The first kappa shape index (κ1) is 19.7. The number of pyridine rings is 1. The Kier molecular flexibility index (Phi) is 5.35. The molecule has 0 unspecified atom stereocenters. The molecular weight excluding hydrogens is 376 g/mol. The lowest BCUT2D eigenvalue weighted by atomic mass is 10.2. The smallest absolute Gasteiger partial charge is 0.287 e. The molecule has 3 aromatic rings. The van der Waals surface area contributed by atoms with E-state index in [9.17, 15) is 20.2 Å². The van der Waals surface area contributed by atoms with Crippen LogP contribution in [0.15, 0.2) is 47.7 Å². The molecule has 1 N–H and O–H groups in total. The molecule has 3 rings (SSSR count). The van der Waals surface area contributed by atoms with Gasteiger partial charge in [0.25, 0.3) is 11.4 Å². The van der Waals surface area contributed by atoms with Crippen LogP contribution in [0.25, 0.3) is 5.69 Å². The summed E-state index contributed by atoms with van der Waals surface area (Å²) in [4.78, 5) is 24.9. The van der Waals surface area contributed by atoms with Crippen molar-refractivity contribution in [2.45, 2.75) is 20.8 Å². The number of nitrogens with one attached hydrogen (secondary N) is 1. The molecule has 1 aromatic carbocycles. The van der Waals surface area contributed by atoms with Gasteiger partial charge in [-0.05, 0) is 39.0 Å². The van der Waals surface area contributed by atoms with Crippen LogP contribution in [0.1, 0.15) is 22.5 Å². The Balaban J connectivity index is 1.84. The molecule has 0 saturated heterocycles. The lowest BCUT2D eigenvalue weighted by molar-refractivity contribution is -0.385. The van der Waals surface area contributed by atoms with E-state index in [4.69, 9.17) is 0 Å². The fourth-order valence-electron chi connectivity index (χ4n) is 2.98. The van der Waals surface area contributed by atoms with Crippen molar-refractivity contribution in [3.63, 3.8) is 0 Å². The summed E-state index contributed by atoms with van der Waals surface area (Å²) < 4.78 is 1.91. The first-order valence-electron chi connectivity index (χ1n) is 8.62. The molecule has 0 bridgehead atoms. The second-order valence-corrected chi connectivity index (χ2v) is 6.42. The van der Waals surface area contributed by atoms with E-state index in [0.717, 1.165) is 23.1 Å². The van der Waals surface area contributed by atoms with E-state index in [1.54, 1.807) is 25.3 Å². The largest absolute Gasteiger partial charge is 0.318 e. The topological polar surface area (TPSA) is 128 Å². The molecule has 0 radical (unpaired) electrons. The Morgan fingerprint density at radius 2 is 1.83 bits per heavy atom. The quantitative estimate of drug-likeness (QED) is 0.381. The van der Waals surface area contributed by atoms with Gasteiger partial charge in [-0.3, -0.25) is 25.7 Å². The number of hydrogen-bond donors (Lipinski definition) is 1. The highest BCUT2D eigenvalue weighted by Crippen LogP contribution is 2.25. The Morgan fingerprint density at radius 1 is 1.07 bits per heavy atom. The third-order valence-electron chi connectivity index (χ3n) is 4.46. The zero-order valence-corrected chi connectivity index (χ0v) is 16.0. The van der Waals surface area contributed by atoms with E-state index in [-0.39, 0.29) is 11.4 Å². The summed E-state index contributed by atoms with van der Waals surface area (Å²) in [5.41, 5.74) is 6.57. The Bertz CT molecular complexity index is 1120. The number of aryl methyl sites for hydroxylation is 2. The zero-order valence-electron chi connectivity index (χ0n) is 16.0. The average Bonchev–Trinajstić information content (AvgIpc) is 2.96. The van der Waals surface area contributed by atoms with Crippen LogP contribution < -0.4 is 5.43 Å². The molecular formula is C19H18N6O4. The van der Waals surface area contributed by atoms with Gasteiger partial charge in [0.1, 0.15) is 12.0 Å². The maximum atomic E-state index is 11.2. The third kappa shape index (κ3) is 4.10. The minimum Gasteiger partial charge on any atom is -0.318 e. The van der Waals surface area contributed by atoms with Gasteiger partial charge in [-0.15, -0.1) is 0 Å². The number of nitro benzene ring substituents is 1. The van der Waals surface area contributed by atoms with E-state index in [2.05, 4.69) is 15.5 Å². The fraction of sp³-hybridized carbons (Fsp3) is 0.158. The second kappa shape index (κ2) is 7.89. The summed E-state index contributed by atoms with van der Waals surface area (Å²) >= 11 is 0. The summed E-state index contributed by atoms with van der Waals surface area (Å²) in [5, 5.41) is 26.0. The van der Waals surface area contributed by atoms with Crippen molar-refractivity contribution < 1.29 is 9.85 Å². The van der Waals surface area contributed by atoms with Crippen molar-refractivity contribution in [3.8, 4) is 5.69 Å². The summed E-state index contributed by atoms with van der Waals surface area (Å²) in [6.45, 7) is 5.50. The highest BCUT2D eigenvalue weighted by atomic mass is 16.6. The lowest BCUT2D eigenvalue weighted by Gasteiger charge is -2.10. The molecule has 2 aromatic heterocycles. The Labute approximate surface area is 165 Å². The van der Waals surface area contributed by atoms with E-state index >= 15 is 0 Å². The molecule has 29 heavy (non-hydrogen) atoms. The van der Waals surface area contributed by atoms with Crippen molar-refractivity contribution in [1.82, 2.24) is 9.55 Å². The second-order valence-electron chi connectivity index (χ2n) is 6.42. The van der Waals surface area contributed by atoms with Gasteiger partial charge >= 0.3 is 0 Å².